The maximum absolute atomic E-state index is 15.9. The van der Waals surface area contributed by atoms with Gasteiger partial charge >= 0.3 is 5.97 Å². The Bertz CT molecular complexity index is 1540. The molecular weight excluding hydrogens is 584 g/mol. The number of carbonyl (C=O) groups excluding carboxylic acids is 1. The van der Waals surface area contributed by atoms with Crippen molar-refractivity contribution < 1.29 is 37.6 Å². The van der Waals surface area contributed by atoms with Gasteiger partial charge < -0.3 is 34.7 Å². The summed E-state index contributed by atoms with van der Waals surface area (Å²) in [5.41, 5.74) is 6.41. The number of aromatic nitrogens is 1. The number of pyridine rings is 1. The SMILES string of the molecule is CCOC(=O)C(CCSC)Oc1c(F)c(Oc2cccc(C3=NCCN3C)c2)nc(Oc2cc(C(=N)N)ccc2O)c1F. The van der Waals surface area contributed by atoms with Crippen molar-refractivity contribution in [2.45, 2.75) is 19.4 Å². The van der Waals surface area contributed by atoms with Gasteiger partial charge in [0.25, 0.3) is 11.8 Å². The van der Waals surface area contributed by atoms with Gasteiger partial charge in [-0.05, 0) is 49.3 Å². The number of nitrogens with two attached hydrogens (primary N) is 1. The number of aromatic hydroxyl groups is 1. The first-order chi connectivity index (χ1) is 20.6. The number of hydrogen-bond acceptors (Lipinski definition) is 11. The fraction of sp³-hybridized carbons (Fsp3) is 0.310. The lowest BCUT2D eigenvalue weighted by Crippen LogP contribution is -2.31. The Balaban J connectivity index is 1.78. The minimum atomic E-state index is -1.40. The summed E-state index contributed by atoms with van der Waals surface area (Å²) in [6, 6.07) is 10.4. The lowest BCUT2D eigenvalue weighted by molar-refractivity contribution is -0.151. The Labute approximate surface area is 251 Å². The highest BCUT2D eigenvalue weighted by molar-refractivity contribution is 7.98. The van der Waals surface area contributed by atoms with Crippen LogP contribution in [-0.4, -0.2) is 77.5 Å². The molecule has 2 heterocycles. The Morgan fingerprint density at radius 2 is 1.93 bits per heavy atom. The van der Waals surface area contributed by atoms with Crippen LogP contribution in [0.4, 0.5) is 8.78 Å². The van der Waals surface area contributed by atoms with E-state index in [0.29, 0.717) is 17.9 Å². The Morgan fingerprint density at radius 1 is 1.19 bits per heavy atom. The van der Waals surface area contributed by atoms with Crippen LogP contribution in [-0.2, 0) is 9.53 Å². The molecule has 1 atom stereocenters. The van der Waals surface area contributed by atoms with E-state index in [0.717, 1.165) is 12.4 Å². The number of rotatable bonds is 13. The number of nitrogen functional groups attached to an aromatic ring is 1. The van der Waals surface area contributed by atoms with Gasteiger partial charge in [0, 0.05) is 31.1 Å². The van der Waals surface area contributed by atoms with E-state index in [1.165, 1.54) is 30.0 Å². The van der Waals surface area contributed by atoms with Crippen molar-refractivity contribution in [2.75, 3.05) is 38.8 Å². The minimum Gasteiger partial charge on any atom is -0.504 e. The summed E-state index contributed by atoms with van der Waals surface area (Å²) in [4.78, 5) is 22.9. The van der Waals surface area contributed by atoms with Crippen LogP contribution in [0.2, 0.25) is 0 Å². The van der Waals surface area contributed by atoms with Crippen LogP contribution < -0.4 is 19.9 Å². The molecule has 1 aliphatic rings. The highest BCUT2D eigenvalue weighted by Gasteiger charge is 2.31. The lowest BCUT2D eigenvalue weighted by Gasteiger charge is -2.20. The molecule has 0 saturated heterocycles. The molecule has 1 aliphatic heterocycles. The second-order valence-corrected chi connectivity index (χ2v) is 10.3. The van der Waals surface area contributed by atoms with Crippen LogP contribution in [0.15, 0.2) is 47.5 Å². The molecular formula is C29H31F2N5O6S. The van der Waals surface area contributed by atoms with Crippen LogP contribution in [0, 0.1) is 17.0 Å². The van der Waals surface area contributed by atoms with Gasteiger partial charge in [-0.25, -0.2) is 4.79 Å². The van der Waals surface area contributed by atoms with Gasteiger partial charge in [0.2, 0.25) is 17.4 Å². The molecule has 14 heteroatoms. The average molecular weight is 616 g/mol. The van der Waals surface area contributed by atoms with E-state index in [2.05, 4.69) is 9.98 Å². The van der Waals surface area contributed by atoms with Gasteiger partial charge in [-0.2, -0.15) is 25.5 Å². The summed E-state index contributed by atoms with van der Waals surface area (Å²) in [7, 11) is 1.89. The van der Waals surface area contributed by atoms with Crippen LogP contribution in [0.3, 0.4) is 0 Å². The molecule has 228 valence electrons. The summed E-state index contributed by atoms with van der Waals surface area (Å²) in [5.74, 6) is -5.86. The molecule has 4 N–H and O–H groups in total. The van der Waals surface area contributed by atoms with Crippen molar-refractivity contribution in [3.8, 4) is 34.8 Å². The fourth-order valence-corrected chi connectivity index (χ4v) is 4.52. The van der Waals surface area contributed by atoms with Gasteiger partial charge in [0.15, 0.2) is 17.6 Å². The van der Waals surface area contributed by atoms with E-state index in [1.807, 2.05) is 18.0 Å². The number of carbonyl (C=O) groups is 1. The first-order valence-corrected chi connectivity index (χ1v) is 14.6. The molecule has 2 aromatic carbocycles. The number of likely N-dealkylation sites (N-methyl/N-ethyl adjacent to an activating group) is 1. The molecule has 1 unspecified atom stereocenters. The van der Waals surface area contributed by atoms with E-state index >= 15 is 8.78 Å². The van der Waals surface area contributed by atoms with Crippen molar-refractivity contribution in [1.82, 2.24) is 9.88 Å². The second kappa shape index (κ2) is 14.1. The smallest absolute Gasteiger partial charge is 0.347 e. The molecule has 0 radical (unpaired) electrons. The van der Waals surface area contributed by atoms with E-state index in [-0.39, 0.29) is 35.9 Å². The molecule has 0 amide bonds. The highest BCUT2D eigenvalue weighted by atomic mass is 32.2. The normalized spacial score (nSPS) is 13.3. The third-order valence-electron chi connectivity index (χ3n) is 6.21. The number of aliphatic imine (C=N–C) groups is 1. The van der Waals surface area contributed by atoms with E-state index in [4.69, 9.17) is 30.1 Å². The quantitative estimate of drug-likeness (QED) is 0.140. The topological polar surface area (TPSA) is 153 Å². The van der Waals surface area contributed by atoms with Crippen LogP contribution in [0.25, 0.3) is 0 Å². The largest absolute Gasteiger partial charge is 0.504 e. The number of amidine groups is 2. The number of hydrogen-bond donors (Lipinski definition) is 3. The van der Waals surface area contributed by atoms with Crippen LogP contribution in [0.1, 0.15) is 24.5 Å². The van der Waals surface area contributed by atoms with Gasteiger partial charge in [-0.1, -0.05) is 12.1 Å². The standard InChI is InChI=1S/C29H31F2N5O6S/c1-4-39-29(38)20(10-13-43-3)41-24-22(30)27(40-18-7-5-6-17(14-18)26-34-11-12-36(26)2)35-28(23(24)31)42-21-15-16(25(32)33)8-9-19(21)37/h5-9,14-15,20,37H,4,10-13H2,1-3H3,(H3,32,33). The first-order valence-electron chi connectivity index (χ1n) is 13.2. The third-order valence-corrected chi connectivity index (χ3v) is 6.86. The van der Waals surface area contributed by atoms with Gasteiger partial charge in [-0.15, -0.1) is 0 Å². The molecule has 4 rings (SSSR count). The Morgan fingerprint density at radius 3 is 2.58 bits per heavy atom. The molecule has 3 aromatic rings. The number of benzene rings is 2. The Kier molecular flexibility index (Phi) is 10.2. The van der Waals surface area contributed by atoms with Crippen LogP contribution >= 0.6 is 11.8 Å². The van der Waals surface area contributed by atoms with E-state index in [1.54, 1.807) is 31.4 Å². The summed E-state index contributed by atoms with van der Waals surface area (Å²) < 4.78 is 53.7. The predicted molar refractivity (Wildman–Crippen MR) is 158 cm³/mol. The molecule has 43 heavy (non-hydrogen) atoms. The molecule has 0 aliphatic carbocycles. The summed E-state index contributed by atoms with van der Waals surface area (Å²) in [5, 5.41) is 18.0. The lowest BCUT2D eigenvalue weighted by atomic mass is 10.2. The number of phenols is 1. The number of thioether (sulfide) groups is 1. The van der Waals surface area contributed by atoms with Crippen molar-refractivity contribution in [3.63, 3.8) is 0 Å². The maximum atomic E-state index is 15.9. The maximum Gasteiger partial charge on any atom is 0.347 e. The molecule has 0 fully saturated rings. The van der Waals surface area contributed by atoms with Crippen LogP contribution in [0.5, 0.6) is 34.8 Å². The highest BCUT2D eigenvalue weighted by Crippen LogP contribution is 2.40. The summed E-state index contributed by atoms with van der Waals surface area (Å²) in [6.07, 6.45) is 0.540. The van der Waals surface area contributed by atoms with Gasteiger partial charge in [0.1, 0.15) is 17.4 Å². The second-order valence-electron chi connectivity index (χ2n) is 9.27. The number of phenolic OH excluding ortho intramolecular Hbond substituents is 1. The average Bonchev–Trinajstić information content (AvgIpc) is 3.42. The predicted octanol–water partition coefficient (Wildman–Crippen LogP) is 4.69. The number of halogens is 2. The molecule has 0 spiro atoms. The summed E-state index contributed by atoms with van der Waals surface area (Å²) in [6.45, 7) is 3.00. The number of nitrogens with one attached hydrogen (secondary N) is 1. The first kappa shape index (κ1) is 31.3. The number of esters is 1. The molecule has 0 saturated carbocycles. The van der Waals surface area contributed by atoms with Crippen molar-refractivity contribution >= 4 is 29.4 Å². The summed E-state index contributed by atoms with van der Waals surface area (Å²) >= 11 is 1.41. The Hall–Kier alpha value is -4.59. The van der Waals surface area contributed by atoms with Gasteiger partial charge in [-0.3, -0.25) is 10.4 Å². The zero-order chi connectivity index (χ0) is 31.1. The molecule has 0 bridgehead atoms. The van der Waals surface area contributed by atoms with Crippen molar-refractivity contribution in [1.29, 1.82) is 5.41 Å². The zero-order valence-electron chi connectivity index (χ0n) is 23.7. The minimum absolute atomic E-state index is 0.0323. The van der Waals surface area contributed by atoms with Crippen molar-refractivity contribution in [3.05, 3.63) is 65.2 Å². The molecule has 11 nitrogen and oxygen atoms in total. The fourth-order valence-electron chi connectivity index (χ4n) is 4.07. The zero-order valence-corrected chi connectivity index (χ0v) is 24.5. The van der Waals surface area contributed by atoms with Gasteiger partial charge in [0.05, 0.1) is 13.2 Å². The van der Waals surface area contributed by atoms with Crippen molar-refractivity contribution in [2.24, 2.45) is 10.7 Å². The molecule has 1 aromatic heterocycles. The number of ether oxygens (including phenoxy) is 4. The number of nitrogens with zero attached hydrogens (tertiary/aromatic N) is 3. The third kappa shape index (κ3) is 7.44. The van der Waals surface area contributed by atoms with E-state index < -0.39 is 47.0 Å². The van der Waals surface area contributed by atoms with E-state index in [9.17, 15) is 9.90 Å². The monoisotopic (exact) mass is 615 g/mol.